The average molecular weight is 109 g/mol. The van der Waals surface area contributed by atoms with Crippen LogP contribution in [0.3, 0.4) is 0 Å². The predicted molar refractivity (Wildman–Crippen MR) is 11.9 cm³/mol. The molecule has 0 saturated carbocycles. The summed E-state index contributed by atoms with van der Waals surface area (Å²) in [7, 11) is 0. The molecule has 0 bridgehead atoms. The molecule has 4 heavy (non-hydrogen) atoms. The van der Waals surface area contributed by atoms with Gasteiger partial charge in [0.1, 0.15) is 0 Å². The van der Waals surface area contributed by atoms with Crippen molar-refractivity contribution >= 4 is 0 Å². The van der Waals surface area contributed by atoms with Crippen LogP contribution in [0.4, 0.5) is 0 Å². The molecule has 0 radical (unpaired) electrons. The zero-order valence-corrected chi connectivity index (χ0v) is 5.50. The van der Waals surface area contributed by atoms with Gasteiger partial charge in [-0.15, -0.1) is 13.2 Å². The Bertz CT molecular complexity index is 8.00. The topological polar surface area (TPSA) is 17.1 Å². The van der Waals surface area contributed by atoms with E-state index < -0.39 is 0 Å². The molecular weight excluding hydrogens is 105 g/mol. The van der Waals surface area contributed by atoms with Crippen molar-refractivity contribution in [2.75, 3.05) is 0 Å². The Kier molecular flexibility index (Phi) is 1230. The zero-order chi connectivity index (χ0) is 4.00. The van der Waals surface area contributed by atoms with Gasteiger partial charge in [-0.1, -0.05) is 0 Å². The summed E-state index contributed by atoms with van der Waals surface area (Å²) in [6.07, 6.45) is 0. The molecule has 20 valence electrons. The second-order valence-electron chi connectivity index (χ2n) is 0. The van der Waals surface area contributed by atoms with Gasteiger partial charge in [0, 0.05) is 0 Å². The molecule has 2 heteroatoms. The Hall–Kier alpha value is 0.163. The van der Waals surface area contributed by atoms with E-state index in [0.717, 1.165) is 0 Å². The molecule has 0 spiro atoms. The second kappa shape index (κ2) is 555. The van der Waals surface area contributed by atoms with Gasteiger partial charge in [-0.25, -0.2) is 0 Å². The third-order valence-electron chi connectivity index (χ3n) is 0. The molecule has 0 heterocycles. The molecule has 0 aromatic carbocycles. The predicted octanol–water partition coefficient (Wildman–Crippen LogP) is 0.681. The molecule has 0 aliphatic heterocycles. The van der Waals surface area contributed by atoms with Crippen LogP contribution in [-0.2, 0) is 21.8 Å². The molecule has 0 aromatic rings. The molecule has 0 fully saturated rings. The van der Waals surface area contributed by atoms with Gasteiger partial charge in [-0.3, -0.25) is 0 Å². The molecule has 0 aliphatic carbocycles. The zero-order valence-electron chi connectivity index (χ0n) is 2.53. The van der Waals surface area contributed by atoms with E-state index >= 15 is 0 Å². The third-order valence-corrected chi connectivity index (χ3v) is 0. The van der Waals surface area contributed by atoms with Crippen LogP contribution < -0.4 is 0 Å². The summed E-state index contributed by atoms with van der Waals surface area (Å²) < 4.78 is 8.38. The first-order chi connectivity index (χ1) is 2.00. The van der Waals surface area contributed by atoms with E-state index in [0.29, 0.717) is 0 Å². The average Bonchev–Trinajstić information content (AvgIpc) is 1.50. The number of hydrogen-bond acceptors (Lipinski definition) is 1. The molecule has 0 atom stereocenters. The van der Waals surface area contributed by atoms with Crippen molar-refractivity contribution in [3.05, 3.63) is 13.2 Å². The van der Waals surface area contributed by atoms with E-state index in [1.165, 1.54) is 0 Å². The van der Waals surface area contributed by atoms with Gasteiger partial charge >= 0.3 is 21.8 Å². The van der Waals surface area contributed by atoms with E-state index in [-0.39, 0.29) is 18.3 Å². The molecule has 0 rings (SSSR count). The van der Waals surface area contributed by atoms with Gasteiger partial charge in [0.15, 0.2) is 0 Å². The third kappa shape index (κ3) is 110. The van der Waals surface area contributed by atoms with Gasteiger partial charge < -0.3 is 0 Å². The Morgan fingerprint density at radius 1 is 1.25 bits per heavy atom. The van der Waals surface area contributed by atoms with Crippen LogP contribution in [0.2, 0.25) is 0 Å². The maximum absolute atomic E-state index is 8.38. The van der Waals surface area contributed by atoms with Crippen LogP contribution in [-0.4, -0.2) is 0 Å². The van der Waals surface area contributed by atoms with E-state index in [4.69, 9.17) is 3.57 Å². The van der Waals surface area contributed by atoms with E-state index in [1.54, 1.807) is 0 Å². The summed E-state index contributed by atoms with van der Waals surface area (Å²) in [4.78, 5) is 0. The molecule has 1 nitrogen and oxygen atoms in total. The quantitative estimate of drug-likeness (QED) is 0.330. The first kappa shape index (κ1) is 8.90. The van der Waals surface area contributed by atoms with Crippen molar-refractivity contribution in [1.82, 2.24) is 0 Å². The standard InChI is InChI=1S/C2H4.O.Zn/c1-2;;/h1-2H2;;. The first-order valence-electron chi connectivity index (χ1n) is 0.789. The van der Waals surface area contributed by atoms with Crippen LogP contribution in [0.15, 0.2) is 13.2 Å². The summed E-state index contributed by atoms with van der Waals surface area (Å²) in [6.45, 7) is 6.00. The van der Waals surface area contributed by atoms with Gasteiger partial charge in [-0.05, 0) is 0 Å². The van der Waals surface area contributed by atoms with E-state index in [2.05, 4.69) is 13.2 Å². The Morgan fingerprint density at radius 2 is 1.25 bits per heavy atom. The molecule has 0 aliphatic rings. The van der Waals surface area contributed by atoms with Crippen molar-refractivity contribution in [3.63, 3.8) is 0 Å². The van der Waals surface area contributed by atoms with Crippen molar-refractivity contribution in [2.24, 2.45) is 0 Å². The summed E-state index contributed by atoms with van der Waals surface area (Å²) in [5.74, 6) is 0. The molecular formula is C2H4OZn. The van der Waals surface area contributed by atoms with Crippen LogP contribution in [0.25, 0.3) is 0 Å². The second-order valence-corrected chi connectivity index (χ2v) is 0. The van der Waals surface area contributed by atoms with E-state index in [9.17, 15) is 0 Å². The Labute approximate surface area is 35.7 Å². The maximum atomic E-state index is 8.38. The monoisotopic (exact) mass is 108 g/mol. The summed E-state index contributed by atoms with van der Waals surface area (Å²) >= 11 is 0.125. The fourth-order valence-electron chi connectivity index (χ4n) is 0. The van der Waals surface area contributed by atoms with Gasteiger partial charge in [0.25, 0.3) is 0 Å². The Balaban J connectivity index is 0. The van der Waals surface area contributed by atoms with Gasteiger partial charge in [-0.2, -0.15) is 0 Å². The molecule has 0 unspecified atom stereocenters. The summed E-state index contributed by atoms with van der Waals surface area (Å²) in [6, 6.07) is 0. The van der Waals surface area contributed by atoms with Gasteiger partial charge in [0.2, 0.25) is 0 Å². The first-order valence-corrected chi connectivity index (χ1v) is 2.00. The van der Waals surface area contributed by atoms with Crippen molar-refractivity contribution < 1.29 is 21.8 Å². The van der Waals surface area contributed by atoms with Crippen molar-refractivity contribution in [2.45, 2.75) is 0 Å². The van der Waals surface area contributed by atoms with Crippen molar-refractivity contribution in [3.8, 4) is 0 Å². The van der Waals surface area contributed by atoms with Crippen LogP contribution >= 0.6 is 0 Å². The van der Waals surface area contributed by atoms with Crippen LogP contribution in [0.1, 0.15) is 0 Å². The normalized spacial score (nSPS) is 2.50. The number of rotatable bonds is 0. The van der Waals surface area contributed by atoms with Crippen molar-refractivity contribution in [1.29, 1.82) is 0 Å². The minimum atomic E-state index is 0.125. The number of hydrogen-bond donors (Lipinski definition) is 0. The summed E-state index contributed by atoms with van der Waals surface area (Å²) in [5, 5.41) is 0. The minimum absolute atomic E-state index is 0.125. The molecule has 0 aromatic heterocycles. The molecule has 0 amide bonds. The van der Waals surface area contributed by atoms with Crippen LogP contribution in [0, 0.1) is 0 Å². The Morgan fingerprint density at radius 3 is 1.25 bits per heavy atom. The van der Waals surface area contributed by atoms with E-state index in [1.807, 2.05) is 0 Å². The van der Waals surface area contributed by atoms with Gasteiger partial charge in [0.05, 0.1) is 0 Å². The summed E-state index contributed by atoms with van der Waals surface area (Å²) in [5.41, 5.74) is 0. The van der Waals surface area contributed by atoms with Crippen LogP contribution in [0.5, 0.6) is 0 Å². The SMILES string of the molecule is C=C.[O]=[Zn]. The molecule has 0 saturated heterocycles. The fourth-order valence-corrected chi connectivity index (χ4v) is 0. The fraction of sp³-hybridized carbons (Fsp3) is 0. The molecule has 0 N–H and O–H groups in total.